The van der Waals surface area contributed by atoms with Crippen LogP contribution in [0.2, 0.25) is 5.02 Å². The fourth-order valence-corrected chi connectivity index (χ4v) is 7.33. The van der Waals surface area contributed by atoms with Crippen LogP contribution in [-0.4, -0.2) is 66.5 Å². The van der Waals surface area contributed by atoms with Crippen molar-refractivity contribution in [1.29, 1.82) is 0 Å². The van der Waals surface area contributed by atoms with Crippen LogP contribution in [0.25, 0.3) is 0 Å². The van der Waals surface area contributed by atoms with Gasteiger partial charge in [-0.25, -0.2) is 4.79 Å². The molecule has 8 heteroatoms. The normalized spacial score (nSPS) is 28.1. The molecule has 4 aliphatic rings. The molecule has 0 radical (unpaired) electrons. The van der Waals surface area contributed by atoms with Crippen LogP contribution < -0.4 is 17.0 Å². The van der Waals surface area contributed by atoms with Gasteiger partial charge in [0, 0.05) is 18.8 Å². The van der Waals surface area contributed by atoms with Gasteiger partial charge in [0.1, 0.15) is 18.6 Å². The van der Waals surface area contributed by atoms with E-state index in [1.54, 1.807) is 6.07 Å². The second-order valence-corrected chi connectivity index (χ2v) is 11.7. The van der Waals surface area contributed by atoms with Gasteiger partial charge in [-0.15, -0.1) is 11.3 Å². The molecule has 35 heavy (non-hydrogen) atoms. The first kappa shape index (κ1) is 26.8. The summed E-state index contributed by atoms with van der Waals surface area (Å²) in [6, 6.07) is 11.9. The Bertz CT molecular complexity index is 1030. The Morgan fingerprint density at radius 1 is 1.11 bits per heavy atom. The quantitative estimate of drug-likeness (QED) is 0.286. The monoisotopic (exact) mass is 580 g/mol. The molecule has 2 bridgehead atoms. The molecule has 2 atom stereocenters. The molecule has 1 aromatic carbocycles. The minimum absolute atomic E-state index is 0. The number of hydrogen-bond donors (Lipinski definition) is 0. The number of nitrogens with zero attached hydrogens (tertiary/aromatic N) is 2. The molecule has 0 N–H and O–H groups in total. The van der Waals surface area contributed by atoms with Crippen molar-refractivity contribution in [2.45, 2.75) is 50.7 Å². The van der Waals surface area contributed by atoms with Crippen LogP contribution in [0.5, 0.6) is 0 Å². The summed E-state index contributed by atoms with van der Waals surface area (Å²) in [5.41, 5.74) is 0.202. The van der Waals surface area contributed by atoms with Gasteiger partial charge in [-0.05, 0) is 49.9 Å². The highest BCUT2D eigenvalue weighted by atomic mass is 79.9. The Morgan fingerprint density at radius 3 is 2.43 bits per heavy atom. The lowest BCUT2D eigenvalue weighted by atomic mass is 9.82. The van der Waals surface area contributed by atoms with Crippen molar-refractivity contribution in [3.63, 3.8) is 0 Å². The topological polar surface area (TPSA) is 46.6 Å². The van der Waals surface area contributed by atoms with Crippen LogP contribution in [0.1, 0.15) is 54.3 Å². The van der Waals surface area contributed by atoms with E-state index < -0.39 is 5.54 Å². The number of esters is 1. The highest BCUT2D eigenvalue weighted by Crippen LogP contribution is 2.39. The van der Waals surface area contributed by atoms with E-state index in [4.69, 9.17) is 16.3 Å². The van der Waals surface area contributed by atoms with E-state index in [1.165, 1.54) is 17.8 Å². The smallest absolute Gasteiger partial charge is 0.331 e. The number of Topliss-reactive ketones (excluding diaryl/α,β-unsaturated/α-hetero) is 1. The first-order valence-electron chi connectivity index (χ1n) is 12.5. The number of quaternary nitrogens is 1. The summed E-state index contributed by atoms with van der Waals surface area (Å²) < 4.78 is 7.09. The third kappa shape index (κ3) is 5.26. The third-order valence-electron chi connectivity index (χ3n) is 8.37. The highest BCUT2D eigenvalue weighted by molar-refractivity contribution is 7.12. The van der Waals surface area contributed by atoms with E-state index in [-0.39, 0.29) is 34.8 Å². The lowest BCUT2D eigenvalue weighted by Gasteiger charge is -2.52. The predicted molar refractivity (Wildman–Crippen MR) is 135 cm³/mol. The third-order valence-corrected chi connectivity index (χ3v) is 9.75. The summed E-state index contributed by atoms with van der Waals surface area (Å²) in [6.45, 7) is 6.93. The van der Waals surface area contributed by atoms with Gasteiger partial charge < -0.3 is 26.2 Å². The van der Waals surface area contributed by atoms with Crippen molar-refractivity contribution >= 4 is 34.7 Å². The van der Waals surface area contributed by atoms with Crippen molar-refractivity contribution in [3.8, 4) is 0 Å². The largest absolute Gasteiger partial charge is 1.00 e. The number of hydrogen-bond acceptors (Lipinski definition) is 5. The minimum atomic E-state index is -0.793. The van der Waals surface area contributed by atoms with Crippen LogP contribution in [0.15, 0.2) is 41.8 Å². The molecule has 4 aliphatic heterocycles. The number of ketones is 1. The number of likely N-dealkylation sites (tertiary alicyclic amines) is 1. The summed E-state index contributed by atoms with van der Waals surface area (Å²) in [7, 11) is 0. The summed E-state index contributed by atoms with van der Waals surface area (Å²) in [5, 5.41) is 2.41. The predicted octanol–water partition coefficient (Wildman–Crippen LogP) is 2.14. The van der Waals surface area contributed by atoms with Gasteiger partial charge in [0.25, 0.3) is 0 Å². The maximum atomic E-state index is 13.9. The molecule has 4 saturated heterocycles. The molecule has 0 aliphatic carbocycles. The van der Waals surface area contributed by atoms with Crippen LogP contribution >= 0.6 is 22.9 Å². The molecule has 5 nitrogen and oxygen atoms in total. The van der Waals surface area contributed by atoms with E-state index in [9.17, 15) is 9.59 Å². The molecule has 2 aromatic rings. The van der Waals surface area contributed by atoms with Crippen LogP contribution in [-0.2, 0) is 15.1 Å². The van der Waals surface area contributed by atoms with Crippen molar-refractivity contribution in [1.82, 2.24) is 4.90 Å². The van der Waals surface area contributed by atoms with Crippen molar-refractivity contribution in [2.75, 3.05) is 39.3 Å². The standard InChI is InChI=1S/C27H34ClN2O3S.BrH/c1-27(21-8-4-2-5-9-21,29-13-6-3-7-14-29)26(32)33-24-19-30(15-10-20(24)11-16-30)18-23(31)25-22(28)12-17-34-25;/h2,4-5,8-9,12,17,20,24H,3,6-7,10-11,13-16,18-19H2,1H3;1H/q+1;/p-1/t20?,24-,27-,30?;/m0./s1. The zero-order valence-electron chi connectivity index (χ0n) is 20.3. The van der Waals surface area contributed by atoms with E-state index >= 15 is 0 Å². The average molecular weight is 582 g/mol. The fraction of sp³-hybridized carbons (Fsp3) is 0.556. The lowest BCUT2D eigenvalue weighted by molar-refractivity contribution is -0.938. The number of carbonyl (C=O) groups is 2. The van der Waals surface area contributed by atoms with Gasteiger partial charge in [0.15, 0.2) is 6.10 Å². The summed E-state index contributed by atoms with van der Waals surface area (Å²) in [6.07, 6.45) is 5.27. The van der Waals surface area contributed by atoms with Crippen molar-refractivity contribution in [3.05, 3.63) is 57.2 Å². The van der Waals surface area contributed by atoms with Gasteiger partial charge in [-0.3, -0.25) is 9.69 Å². The van der Waals surface area contributed by atoms with Crippen molar-refractivity contribution < 1.29 is 35.8 Å². The number of ether oxygens (including phenoxy) is 1. The summed E-state index contributed by atoms with van der Waals surface area (Å²) in [4.78, 5) is 29.9. The number of fused-ring (bicyclic) bond motifs is 3. The Labute approximate surface area is 227 Å². The molecule has 0 saturated carbocycles. The molecular weight excluding hydrogens is 548 g/mol. The molecule has 4 fully saturated rings. The Morgan fingerprint density at radius 2 is 1.80 bits per heavy atom. The van der Waals surface area contributed by atoms with Gasteiger partial charge in [0.05, 0.1) is 23.0 Å². The van der Waals surface area contributed by atoms with Crippen LogP contribution in [0.3, 0.4) is 0 Å². The Kier molecular flexibility index (Phi) is 8.43. The molecule has 0 spiro atoms. The van der Waals surface area contributed by atoms with E-state index in [1.807, 2.05) is 42.6 Å². The summed E-state index contributed by atoms with van der Waals surface area (Å²) >= 11 is 7.65. The van der Waals surface area contributed by atoms with E-state index in [2.05, 4.69) is 4.90 Å². The highest BCUT2D eigenvalue weighted by Gasteiger charge is 2.51. The fourth-order valence-electron chi connectivity index (χ4n) is 6.23. The number of rotatable bonds is 7. The maximum Gasteiger partial charge on any atom is 0.331 e. The molecule has 0 unspecified atom stereocenters. The zero-order chi connectivity index (χ0) is 23.8. The number of piperidine rings is 4. The van der Waals surface area contributed by atoms with Crippen molar-refractivity contribution in [2.24, 2.45) is 5.92 Å². The molecule has 6 rings (SSSR count). The minimum Gasteiger partial charge on any atom is -1.00 e. The van der Waals surface area contributed by atoms with Gasteiger partial charge in [0.2, 0.25) is 5.78 Å². The number of benzene rings is 1. The second-order valence-electron chi connectivity index (χ2n) is 10.4. The molecule has 5 heterocycles. The van der Waals surface area contributed by atoms with Gasteiger partial charge in [-0.1, -0.05) is 48.4 Å². The second kappa shape index (κ2) is 11.0. The van der Waals surface area contributed by atoms with Gasteiger partial charge in [-0.2, -0.15) is 0 Å². The maximum absolute atomic E-state index is 13.9. The zero-order valence-corrected chi connectivity index (χ0v) is 23.4. The molecule has 190 valence electrons. The number of thiophene rings is 1. The molecular formula is C27H34BrClN2O3S. The Balaban J connectivity index is 0.00000289. The number of carbonyl (C=O) groups excluding carboxylic acids is 2. The number of halogens is 2. The lowest BCUT2D eigenvalue weighted by Crippen LogP contribution is -3.00. The van der Waals surface area contributed by atoms with Gasteiger partial charge >= 0.3 is 5.97 Å². The first-order chi connectivity index (χ1) is 16.4. The average Bonchev–Trinajstić information content (AvgIpc) is 3.31. The van der Waals surface area contributed by atoms with E-state index in [0.29, 0.717) is 26.8 Å². The van der Waals surface area contributed by atoms with E-state index in [0.717, 1.165) is 64.0 Å². The Hall–Kier alpha value is -1.25. The summed E-state index contributed by atoms with van der Waals surface area (Å²) in [5.74, 6) is 0.337. The van der Waals surface area contributed by atoms with Crippen LogP contribution in [0, 0.1) is 5.92 Å². The first-order valence-corrected chi connectivity index (χ1v) is 13.8. The SMILES string of the molecule is C[C@@](C(=O)O[C@H]1C[N+]2(CC(=O)c3sccc3Cl)CCC1CC2)(c1ccccc1)N1CCCCC1.[Br-]. The van der Waals surface area contributed by atoms with Crippen LogP contribution in [0.4, 0.5) is 0 Å². The molecule has 0 amide bonds. The molecule has 1 aromatic heterocycles.